The van der Waals surface area contributed by atoms with Gasteiger partial charge in [0.1, 0.15) is 0 Å². The van der Waals surface area contributed by atoms with Crippen LogP contribution >= 0.6 is 11.8 Å². The summed E-state index contributed by atoms with van der Waals surface area (Å²) in [5, 5.41) is 3.47. The minimum Gasteiger partial charge on any atom is -0.374 e. The zero-order chi connectivity index (χ0) is 13.8. The number of piperidine rings is 1. The van der Waals surface area contributed by atoms with Crippen molar-refractivity contribution in [1.29, 1.82) is 0 Å². The summed E-state index contributed by atoms with van der Waals surface area (Å²) in [4.78, 5) is 2.63. The highest BCUT2D eigenvalue weighted by molar-refractivity contribution is 7.99. The van der Waals surface area contributed by atoms with Crippen molar-refractivity contribution in [2.24, 2.45) is 5.92 Å². The number of nitrogens with zero attached hydrogens (tertiary/aromatic N) is 1. The van der Waals surface area contributed by atoms with E-state index in [-0.39, 0.29) is 5.60 Å². The van der Waals surface area contributed by atoms with E-state index in [4.69, 9.17) is 4.74 Å². The summed E-state index contributed by atoms with van der Waals surface area (Å²) in [6, 6.07) is 0.754. The Morgan fingerprint density at radius 3 is 2.90 bits per heavy atom. The first-order valence-electron chi connectivity index (χ1n) is 8.40. The van der Waals surface area contributed by atoms with Crippen LogP contribution in [0.5, 0.6) is 0 Å². The molecule has 3 rings (SSSR count). The molecule has 0 aromatic carbocycles. The van der Waals surface area contributed by atoms with Gasteiger partial charge in [-0.15, -0.1) is 0 Å². The Hall–Kier alpha value is 0.230. The lowest BCUT2D eigenvalue weighted by molar-refractivity contribution is -0.0868. The van der Waals surface area contributed by atoms with Crippen LogP contribution in [0.1, 0.15) is 38.5 Å². The van der Waals surface area contributed by atoms with E-state index in [1.807, 2.05) is 0 Å². The summed E-state index contributed by atoms with van der Waals surface area (Å²) in [5.74, 6) is 3.48. The van der Waals surface area contributed by atoms with Gasteiger partial charge < -0.3 is 15.0 Å². The van der Waals surface area contributed by atoms with Gasteiger partial charge in [-0.25, -0.2) is 0 Å². The number of nitrogens with one attached hydrogen (secondary N) is 1. The van der Waals surface area contributed by atoms with Crippen molar-refractivity contribution < 1.29 is 4.74 Å². The molecule has 116 valence electrons. The lowest BCUT2D eigenvalue weighted by Gasteiger charge is -2.41. The highest BCUT2D eigenvalue weighted by atomic mass is 32.2. The average Bonchev–Trinajstić information content (AvgIpc) is 2.93. The Kier molecular flexibility index (Phi) is 5.29. The molecule has 0 saturated carbocycles. The fraction of sp³-hybridized carbons (Fsp3) is 1.00. The minimum absolute atomic E-state index is 0.233. The van der Waals surface area contributed by atoms with Gasteiger partial charge in [0.2, 0.25) is 0 Å². The molecule has 1 spiro atoms. The smallest absolute Gasteiger partial charge is 0.0795 e. The summed E-state index contributed by atoms with van der Waals surface area (Å²) in [7, 11) is 2.34. The van der Waals surface area contributed by atoms with Crippen LogP contribution in [-0.4, -0.2) is 61.3 Å². The van der Waals surface area contributed by atoms with Gasteiger partial charge in [-0.1, -0.05) is 0 Å². The van der Waals surface area contributed by atoms with Crippen LogP contribution in [0, 0.1) is 5.92 Å². The topological polar surface area (TPSA) is 24.5 Å². The van der Waals surface area contributed by atoms with E-state index >= 15 is 0 Å². The van der Waals surface area contributed by atoms with E-state index in [9.17, 15) is 0 Å². The van der Waals surface area contributed by atoms with Gasteiger partial charge in [0.25, 0.3) is 0 Å². The number of rotatable bonds is 4. The molecule has 0 aromatic heterocycles. The molecule has 2 unspecified atom stereocenters. The van der Waals surface area contributed by atoms with E-state index in [0.717, 1.165) is 18.6 Å². The maximum atomic E-state index is 6.15. The molecule has 3 aliphatic rings. The SMILES string of the molecule is CN(CCC1CCNCC1)C1CCOC2(CCSC2)C1. The second-order valence-corrected chi connectivity index (χ2v) is 8.05. The first kappa shape index (κ1) is 15.1. The monoisotopic (exact) mass is 298 g/mol. The van der Waals surface area contributed by atoms with Crippen molar-refractivity contribution in [3.05, 3.63) is 0 Å². The minimum atomic E-state index is 0.233. The Morgan fingerprint density at radius 2 is 2.15 bits per heavy atom. The van der Waals surface area contributed by atoms with E-state index in [1.165, 1.54) is 69.7 Å². The third kappa shape index (κ3) is 3.70. The quantitative estimate of drug-likeness (QED) is 0.861. The van der Waals surface area contributed by atoms with Crippen LogP contribution in [0.2, 0.25) is 0 Å². The maximum Gasteiger partial charge on any atom is 0.0795 e. The van der Waals surface area contributed by atoms with Crippen molar-refractivity contribution in [3.8, 4) is 0 Å². The molecular formula is C16H30N2OS. The van der Waals surface area contributed by atoms with Crippen LogP contribution in [-0.2, 0) is 4.74 Å². The summed E-state index contributed by atoms with van der Waals surface area (Å²) in [6.07, 6.45) is 7.91. The van der Waals surface area contributed by atoms with Gasteiger partial charge in [0, 0.05) is 18.4 Å². The standard InChI is InChI=1S/C16H30N2OS/c1-18(9-4-14-2-7-17-8-3-14)15-5-10-19-16(12-15)6-11-20-13-16/h14-15,17H,2-13H2,1H3. The second-order valence-electron chi connectivity index (χ2n) is 6.94. The third-order valence-electron chi connectivity index (χ3n) is 5.51. The fourth-order valence-corrected chi connectivity index (χ4v) is 5.36. The summed E-state index contributed by atoms with van der Waals surface area (Å²) in [6.45, 7) is 4.71. The lowest BCUT2D eigenvalue weighted by atomic mass is 9.88. The van der Waals surface area contributed by atoms with Gasteiger partial charge in [0.05, 0.1) is 5.60 Å². The third-order valence-corrected chi connectivity index (χ3v) is 6.73. The molecule has 0 aromatic rings. The molecular weight excluding hydrogens is 268 g/mol. The van der Waals surface area contributed by atoms with Gasteiger partial charge in [-0.3, -0.25) is 0 Å². The summed E-state index contributed by atoms with van der Waals surface area (Å²) >= 11 is 2.08. The van der Waals surface area contributed by atoms with Crippen LogP contribution < -0.4 is 5.32 Å². The fourth-order valence-electron chi connectivity index (χ4n) is 3.98. The zero-order valence-electron chi connectivity index (χ0n) is 12.9. The summed E-state index contributed by atoms with van der Waals surface area (Å²) in [5.41, 5.74) is 0.233. The molecule has 0 aliphatic carbocycles. The largest absolute Gasteiger partial charge is 0.374 e. The van der Waals surface area contributed by atoms with Crippen molar-refractivity contribution in [1.82, 2.24) is 10.2 Å². The second kappa shape index (κ2) is 6.99. The average molecular weight is 298 g/mol. The van der Waals surface area contributed by atoms with Gasteiger partial charge in [-0.05, 0) is 76.9 Å². The molecule has 1 N–H and O–H groups in total. The Balaban J connectivity index is 1.45. The zero-order valence-corrected chi connectivity index (χ0v) is 13.7. The van der Waals surface area contributed by atoms with Gasteiger partial charge in [0.15, 0.2) is 0 Å². The van der Waals surface area contributed by atoms with Crippen molar-refractivity contribution >= 4 is 11.8 Å². The van der Waals surface area contributed by atoms with Crippen LogP contribution in [0.3, 0.4) is 0 Å². The predicted molar refractivity (Wildman–Crippen MR) is 86.5 cm³/mol. The molecule has 2 atom stereocenters. The van der Waals surface area contributed by atoms with Gasteiger partial charge >= 0.3 is 0 Å². The first-order chi connectivity index (χ1) is 9.77. The van der Waals surface area contributed by atoms with Crippen molar-refractivity contribution in [3.63, 3.8) is 0 Å². The highest BCUT2D eigenvalue weighted by Gasteiger charge is 2.41. The molecule has 20 heavy (non-hydrogen) atoms. The Labute approximate surface area is 128 Å². The van der Waals surface area contributed by atoms with E-state index in [2.05, 4.69) is 29.0 Å². The van der Waals surface area contributed by atoms with Crippen molar-refractivity contribution in [2.75, 3.05) is 44.8 Å². The van der Waals surface area contributed by atoms with Crippen molar-refractivity contribution in [2.45, 2.75) is 50.2 Å². The number of hydrogen-bond acceptors (Lipinski definition) is 4. The molecule has 4 heteroatoms. The molecule has 0 radical (unpaired) electrons. The molecule has 3 saturated heterocycles. The lowest BCUT2D eigenvalue weighted by Crippen LogP contribution is -2.48. The number of thioether (sulfide) groups is 1. The van der Waals surface area contributed by atoms with E-state index < -0.39 is 0 Å². The van der Waals surface area contributed by atoms with E-state index in [0.29, 0.717) is 0 Å². The molecule has 3 nitrogen and oxygen atoms in total. The van der Waals surface area contributed by atoms with E-state index in [1.54, 1.807) is 0 Å². The highest BCUT2D eigenvalue weighted by Crippen LogP contribution is 2.39. The number of ether oxygens (including phenoxy) is 1. The molecule has 3 fully saturated rings. The molecule has 3 aliphatic heterocycles. The molecule has 0 amide bonds. The van der Waals surface area contributed by atoms with Crippen LogP contribution in [0.25, 0.3) is 0 Å². The molecule has 0 bridgehead atoms. The van der Waals surface area contributed by atoms with Gasteiger partial charge in [-0.2, -0.15) is 11.8 Å². The summed E-state index contributed by atoms with van der Waals surface area (Å²) < 4.78 is 6.15. The number of hydrogen-bond donors (Lipinski definition) is 1. The predicted octanol–water partition coefficient (Wildman–Crippen LogP) is 2.36. The van der Waals surface area contributed by atoms with Crippen LogP contribution in [0.4, 0.5) is 0 Å². The Bertz CT molecular complexity index is 301. The Morgan fingerprint density at radius 1 is 1.30 bits per heavy atom. The normalized spacial score (nSPS) is 36.0. The molecule has 3 heterocycles. The first-order valence-corrected chi connectivity index (χ1v) is 9.56. The van der Waals surface area contributed by atoms with Crippen LogP contribution in [0.15, 0.2) is 0 Å². The maximum absolute atomic E-state index is 6.15.